The van der Waals surface area contributed by atoms with Crippen molar-refractivity contribution in [3.8, 4) is 5.75 Å². The third-order valence-corrected chi connectivity index (χ3v) is 6.41. The zero-order chi connectivity index (χ0) is 19.3. The van der Waals surface area contributed by atoms with Crippen LogP contribution in [0.15, 0.2) is 53.6 Å². The molecule has 2 aromatic rings. The highest BCUT2D eigenvalue weighted by Gasteiger charge is 2.52. The number of ether oxygens (including phenoxy) is 1. The molecule has 1 unspecified atom stereocenters. The number of hydrogen-bond acceptors (Lipinski definition) is 4. The Hall–Kier alpha value is -2.53. The maximum Gasteiger partial charge on any atom is 0.219 e. The van der Waals surface area contributed by atoms with Gasteiger partial charge in [0.2, 0.25) is 11.6 Å². The van der Waals surface area contributed by atoms with Gasteiger partial charge >= 0.3 is 0 Å². The minimum Gasteiger partial charge on any atom is -0.466 e. The Morgan fingerprint density at radius 3 is 2.61 bits per heavy atom. The summed E-state index contributed by atoms with van der Waals surface area (Å²) < 4.78 is 6.56. The van der Waals surface area contributed by atoms with Crippen LogP contribution < -0.4 is 4.74 Å². The molecule has 0 aliphatic carbocycles. The quantitative estimate of drug-likeness (QED) is 0.726. The van der Waals surface area contributed by atoms with Gasteiger partial charge in [0.15, 0.2) is 0 Å². The van der Waals surface area contributed by atoms with E-state index in [1.54, 1.807) is 6.92 Å². The van der Waals surface area contributed by atoms with Crippen LogP contribution in [0.4, 0.5) is 0 Å². The van der Waals surface area contributed by atoms with E-state index in [-0.39, 0.29) is 11.9 Å². The molecule has 3 aliphatic heterocycles. The Balaban J connectivity index is 1.56. The van der Waals surface area contributed by atoms with Crippen LogP contribution in [0.1, 0.15) is 43.4 Å². The lowest BCUT2D eigenvalue weighted by atomic mass is 9.90. The van der Waals surface area contributed by atoms with E-state index in [1.807, 2.05) is 47.4 Å². The van der Waals surface area contributed by atoms with Crippen molar-refractivity contribution in [3.63, 3.8) is 0 Å². The van der Waals surface area contributed by atoms with Crippen LogP contribution in [0.2, 0.25) is 5.02 Å². The summed E-state index contributed by atoms with van der Waals surface area (Å²) in [7, 11) is 0. The lowest BCUT2D eigenvalue weighted by Crippen LogP contribution is -2.59. The molecule has 28 heavy (non-hydrogen) atoms. The number of halogens is 1. The van der Waals surface area contributed by atoms with Crippen LogP contribution in [0.5, 0.6) is 5.75 Å². The molecule has 1 saturated heterocycles. The summed E-state index contributed by atoms with van der Waals surface area (Å²) >= 11 is 6.46. The molecule has 1 fully saturated rings. The number of fused-ring (bicyclic) bond motifs is 4. The maximum atomic E-state index is 11.8. The first kappa shape index (κ1) is 17.6. The summed E-state index contributed by atoms with van der Waals surface area (Å²) in [4.78, 5) is 13.7. The summed E-state index contributed by atoms with van der Waals surface area (Å²) in [5.41, 5.74) is 2.61. The largest absolute Gasteiger partial charge is 0.466 e. The summed E-state index contributed by atoms with van der Waals surface area (Å²) in [6.45, 7) is 2.98. The van der Waals surface area contributed by atoms with Gasteiger partial charge < -0.3 is 9.64 Å². The normalized spacial score (nSPS) is 22.4. The highest BCUT2D eigenvalue weighted by Crippen LogP contribution is 2.50. The zero-order valence-electron chi connectivity index (χ0n) is 15.8. The molecular formula is C22H22ClN3O2. The van der Waals surface area contributed by atoms with Crippen molar-refractivity contribution in [2.75, 3.05) is 13.1 Å². The molecule has 3 aliphatic rings. The molecule has 2 aromatic carbocycles. The first-order chi connectivity index (χ1) is 13.6. The van der Waals surface area contributed by atoms with Gasteiger partial charge in [-0.3, -0.25) is 4.79 Å². The van der Waals surface area contributed by atoms with E-state index >= 15 is 0 Å². The molecule has 5 rings (SSSR count). The average molecular weight is 396 g/mol. The molecule has 1 spiro atoms. The number of nitrogens with zero attached hydrogens (tertiary/aromatic N) is 3. The number of likely N-dealkylation sites (tertiary alicyclic amines) is 1. The predicted octanol–water partition coefficient (Wildman–Crippen LogP) is 4.22. The van der Waals surface area contributed by atoms with E-state index in [2.05, 4.69) is 11.1 Å². The second-order valence-corrected chi connectivity index (χ2v) is 8.09. The van der Waals surface area contributed by atoms with Crippen molar-refractivity contribution in [1.29, 1.82) is 0 Å². The fraction of sp³-hybridized carbons (Fsp3) is 0.364. The Morgan fingerprint density at radius 2 is 1.86 bits per heavy atom. The smallest absolute Gasteiger partial charge is 0.219 e. The first-order valence-electron chi connectivity index (χ1n) is 9.73. The second kappa shape index (κ2) is 6.52. The Bertz CT molecular complexity index is 966. The number of benzene rings is 2. The van der Waals surface area contributed by atoms with Crippen LogP contribution in [0.25, 0.3) is 0 Å². The summed E-state index contributed by atoms with van der Waals surface area (Å²) in [5.74, 6) is 1.04. The van der Waals surface area contributed by atoms with Crippen molar-refractivity contribution in [2.45, 2.75) is 38.0 Å². The van der Waals surface area contributed by atoms with E-state index in [0.29, 0.717) is 13.1 Å². The van der Waals surface area contributed by atoms with Crippen LogP contribution in [0, 0.1) is 0 Å². The van der Waals surface area contributed by atoms with Crippen molar-refractivity contribution in [2.24, 2.45) is 5.10 Å². The predicted molar refractivity (Wildman–Crippen MR) is 108 cm³/mol. The van der Waals surface area contributed by atoms with E-state index in [4.69, 9.17) is 21.4 Å². The summed E-state index contributed by atoms with van der Waals surface area (Å²) in [6, 6.07) is 16.2. The van der Waals surface area contributed by atoms with Crippen molar-refractivity contribution >= 4 is 23.2 Å². The van der Waals surface area contributed by atoms with E-state index in [1.165, 1.54) is 0 Å². The van der Waals surface area contributed by atoms with E-state index in [9.17, 15) is 4.79 Å². The van der Waals surface area contributed by atoms with Crippen molar-refractivity contribution in [3.05, 3.63) is 64.7 Å². The van der Waals surface area contributed by atoms with Gasteiger partial charge in [0.1, 0.15) is 5.75 Å². The van der Waals surface area contributed by atoms with Crippen LogP contribution in [-0.2, 0) is 4.79 Å². The number of piperidine rings is 1. The Morgan fingerprint density at radius 1 is 1.14 bits per heavy atom. The molecule has 0 N–H and O–H groups in total. The Kier molecular flexibility index (Phi) is 4.09. The van der Waals surface area contributed by atoms with Gasteiger partial charge in [-0.15, -0.1) is 0 Å². The van der Waals surface area contributed by atoms with E-state index < -0.39 is 5.72 Å². The number of carbonyl (C=O) groups is 1. The number of carbonyl (C=O) groups excluding carboxylic acids is 1. The van der Waals surface area contributed by atoms with E-state index in [0.717, 1.165) is 46.9 Å². The van der Waals surface area contributed by atoms with Crippen LogP contribution in [0.3, 0.4) is 0 Å². The maximum absolute atomic E-state index is 11.8. The van der Waals surface area contributed by atoms with Crippen molar-refractivity contribution < 1.29 is 9.53 Å². The molecule has 0 radical (unpaired) electrons. The van der Waals surface area contributed by atoms with Gasteiger partial charge in [-0.25, -0.2) is 5.01 Å². The highest BCUT2D eigenvalue weighted by atomic mass is 35.5. The molecule has 0 bridgehead atoms. The number of hydrogen-bond donors (Lipinski definition) is 0. The van der Waals surface area contributed by atoms with Gasteiger partial charge in [0.05, 0.1) is 11.8 Å². The van der Waals surface area contributed by atoms with Crippen LogP contribution in [-0.4, -0.2) is 40.3 Å². The molecule has 5 nitrogen and oxygen atoms in total. The van der Waals surface area contributed by atoms with Gasteiger partial charge in [-0.2, -0.15) is 5.10 Å². The van der Waals surface area contributed by atoms with Gasteiger partial charge in [-0.1, -0.05) is 48.0 Å². The molecule has 144 valence electrons. The third-order valence-electron chi connectivity index (χ3n) is 6.08. The molecule has 1 amide bonds. The van der Waals surface area contributed by atoms with Gasteiger partial charge in [0.25, 0.3) is 0 Å². The number of para-hydroxylation sites is 1. The van der Waals surface area contributed by atoms with Gasteiger partial charge in [-0.05, 0) is 12.1 Å². The minimum absolute atomic E-state index is 0.115. The molecule has 0 saturated carbocycles. The molecule has 3 heterocycles. The molecule has 6 heteroatoms. The lowest BCUT2D eigenvalue weighted by molar-refractivity contribution is -0.158. The summed E-state index contributed by atoms with van der Waals surface area (Å²) in [5, 5.41) is 7.89. The number of amides is 1. The highest BCUT2D eigenvalue weighted by molar-refractivity contribution is 6.34. The van der Waals surface area contributed by atoms with Gasteiger partial charge in [0, 0.05) is 55.4 Å². The molecule has 1 atom stereocenters. The average Bonchev–Trinajstić information content (AvgIpc) is 3.15. The monoisotopic (exact) mass is 395 g/mol. The fourth-order valence-corrected chi connectivity index (χ4v) is 4.83. The zero-order valence-corrected chi connectivity index (χ0v) is 16.5. The van der Waals surface area contributed by atoms with Crippen LogP contribution >= 0.6 is 11.6 Å². The molecule has 0 aromatic heterocycles. The SMILES string of the molecule is CC(=O)N1CCC2(CC1)Oc1ccccc1C1CC(c3ccccc3Cl)=NN12. The minimum atomic E-state index is -0.520. The number of rotatable bonds is 1. The number of hydrazone groups is 1. The standard InChI is InChI=1S/C22H22ClN3O2/c1-15(27)25-12-10-22(11-13-25)26-20(17-7-3-5-9-21(17)28-22)14-19(24-26)16-6-2-4-8-18(16)23/h2-9,20H,10-14H2,1H3. The lowest BCUT2D eigenvalue weighted by Gasteiger charge is -2.51. The Labute approximate surface area is 169 Å². The summed E-state index contributed by atoms with van der Waals surface area (Å²) in [6.07, 6.45) is 2.26. The fourth-order valence-electron chi connectivity index (χ4n) is 4.59. The van der Waals surface area contributed by atoms with Crippen molar-refractivity contribution in [1.82, 2.24) is 9.91 Å². The topological polar surface area (TPSA) is 45.1 Å². The first-order valence-corrected chi connectivity index (χ1v) is 10.1. The second-order valence-electron chi connectivity index (χ2n) is 7.68. The molecular weight excluding hydrogens is 374 g/mol. The third kappa shape index (κ3) is 2.68.